The van der Waals surface area contributed by atoms with Crippen LogP contribution in [0, 0.1) is 0 Å². The van der Waals surface area contributed by atoms with Gasteiger partial charge in [-0.25, -0.2) is 4.68 Å². The molecular weight excluding hydrogens is 319 g/mol. The number of alkyl halides is 3. The average molecular weight is 332 g/mol. The highest BCUT2D eigenvalue weighted by Crippen LogP contribution is 2.30. The van der Waals surface area contributed by atoms with Gasteiger partial charge in [0, 0.05) is 12.6 Å². The topological polar surface area (TPSA) is 54.2 Å². The maximum absolute atomic E-state index is 12.8. The van der Waals surface area contributed by atoms with Crippen LogP contribution in [0.1, 0.15) is 5.56 Å². The number of anilines is 1. The van der Waals surface area contributed by atoms with Crippen molar-refractivity contribution < 1.29 is 13.2 Å². The lowest BCUT2D eigenvalue weighted by Gasteiger charge is -2.12. The Kier molecular flexibility index (Phi) is 4.60. The maximum Gasteiger partial charge on any atom is 0.416 e. The highest BCUT2D eigenvalue weighted by molar-refractivity contribution is 5.94. The number of rotatable bonds is 2. The van der Waals surface area contributed by atoms with Gasteiger partial charge in [0.15, 0.2) is 5.96 Å². The van der Waals surface area contributed by atoms with Crippen molar-refractivity contribution in [2.45, 2.75) is 6.18 Å². The Balaban J connectivity index is 0.00000176. The summed E-state index contributed by atoms with van der Waals surface area (Å²) in [7, 11) is 0. The van der Waals surface area contributed by atoms with Crippen LogP contribution < -0.4 is 10.6 Å². The Hall–Kier alpha value is -2.22. The first kappa shape index (κ1) is 16.2. The molecule has 1 aliphatic heterocycles. The van der Waals surface area contributed by atoms with E-state index in [1.807, 2.05) is 0 Å². The SMILES string of the molecule is Cl.FC(F)(F)c1cccc(-n2nccc2NC2=NCCN2)c1. The van der Waals surface area contributed by atoms with E-state index in [1.165, 1.54) is 16.9 Å². The fourth-order valence-corrected chi connectivity index (χ4v) is 2.02. The normalized spacial score (nSPS) is 14.0. The third kappa shape index (κ3) is 3.33. The van der Waals surface area contributed by atoms with Gasteiger partial charge in [0.2, 0.25) is 0 Å². The van der Waals surface area contributed by atoms with E-state index in [4.69, 9.17) is 0 Å². The van der Waals surface area contributed by atoms with E-state index in [0.29, 0.717) is 24.0 Å². The minimum absolute atomic E-state index is 0. The molecule has 0 radical (unpaired) electrons. The summed E-state index contributed by atoms with van der Waals surface area (Å²) < 4.78 is 39.7. The van der Waals surface area contributed by atoms with Crippen molar-refractivity contribution in [2.24, 2.45) is 4.99 Å². The molecule has 0 atom stereocenters. The summed E-state index contributed by atoms with van der Waals surface area (Å²) >= 11 is 0. The molecule has 1 aromatic heterocycles. The number of hydrogen-bond donors (Lipinski definition) is 2. The van der Waals surface area contributed by atoms with Gasteiger partial charge in [0.1, 0.15) is 5.82 Å². The zero-order valence-electron chi connectivity index (χ0n) is 11.3. The molecule has 0 spiro atoms. The standard InChI is InChI=1S/C13H12F3N5.ClH/c14-13(15,16)9-2-1-3-10(8-9)21-11(4-5-19-21)20-12-17-6-7-18-12;/h1-5,8H,6-7H2,(H2,17,18,20);1H. The van der Waals surface area contributed by atoms with Crippen molar-refractivity contribution in [3.8, 4) is 5.69 Å². The number of aliphatic imine (C=N–C) groups is 1. The highest BCUT2D eigenvalue weighted by atomic mass is 35.5. The number of nitrogens with one attached hydrogen (secondary N) is 2. The minimum atomic E-state index is -4.38. The van der Waals surface area contributed by atoms with Crippen LogP contribution in [0.4, 0.5) is 19.0 Å². The van der Waals surface area contributed by atoms with Crippen LogP contribution in [0.3, 0.4) is 0 Å². The summed E-state index contributed by atoms with van der Waals surface area (Å²) in [6, 6.07) is 6.68. The Labute approximate surface area is 130 Å². The zero-order chi connectivity index (χ0) is 14.9. The second-order valence-electron chi connectivity index (χ2n) is 4.46. The Morgan fingerprint density at radius 3 is 2.73 bits per heavy atom. The molecule has 0 unspecified atom stereocenters. The van der Waals surface area contributed by atoms with Crippen molar-refractivity contribution in [3.05, 3.63) is 42.1 Å². The molecule has 1 aromatic carbocycles. The number of nitrogens with zero attached hydrogens (tertiary/aromatic N) is 3. The average Bonchev–Trinajstić information content (AvgIpc) is 3.10. The Morgan fingerprint density at radius 1 is 1.23 bits per heavy atom. The van der Waals surface area contributed by atoms with E-state index in [-0.39, 0.29) is 12.4 Å². The second-order valence-corrected chi connectivity index (χ2v) is 4.46. The summed E-state index contributed by atoms with van der Waals surface area (Å²) in [5, 5.41) is 10.1. The molecular formula is C13H13ClF3N5. The van der Waals surface area contributed by atoms with Crippen molar-refractivity contribution in [1.82, 2.24) is 15.1 Å². The molecule has 118 valence electrons. The van der Waals surface area contributed by atoms with Crippen LogP contribution >= 0.6 is 12.4 Å². The molecule has 0 fully saturated rings. The highest BCUT2D eigenvalue weighted by Gasteiger charge is 2.30. The monoisotopic (exact) mass is 331 g/mol. The molecule has 0 saturated heterocycles. The van der Waals surface area contributed by atoms with Crippen LogP contribution in [0.15, 0.2) is 41.5 Å². The summed E-state index contributed by atoms with van der Waals surface area (Å²) in [6.45, 7) is 1.40. The van der Waals surface area contributed by atoms with Gasteiger partial charge in [-0.05, 0) is 18.2 Å². The number of halogens is 4. The number of aromatic nitrogens is 2. The molecule has 2 heterocycles. The van der Waals surface area contributed by atoms with Gasteiger partial charge in [-0.2, -0.15) is 18.3 Å². The van der Waals surface area contributed by atoms with Gasteiger partial charge in [-0.3, -0.25) is 4.99 Å². The minimum Gasteiger partial charge on any atom is -0.354 e. The molecule has 5 nitrogen and oxygen atoms in total. The summed E-state index contributed by atoms with van der Waals surface area (Å²) in [6.07, 6.45) is -2.87. The first-order valence-electron chi connectivity index (χ1n) is 6.31. The maximum atomic E-state index is 12.8. The van der Waals surface area contributed by atoms with Crippen LogP contribution in [-0.2, 0) is 6.18 Å². The van der Waals surface area contributed by atoms with Crippen molar-refractivity contribution >= 4 is 24.2 Å². The van der Waals surface area contributed by atoms with Crippen LogP contribution in [0.2, 0.25) is 0 Å². The molecule has 0 amide bonds. The van der Waals surface area contributed by atoms with Crippen molar-refractivity contribution in [1.29, 1.82) is 0 Å². The van der Waals surface area contributed by atoms with Gasteiger partial charge in [-0.1, -0.05) is 6.07 Å². The third-order valence-corrected chi connectivity index (χ3v) is 2.98. The summed E-state index contributed by atoms with van der Waals surface area (Å²) in [4.78, 5) is 4.18. The molecule has 0 aliphatic carbocycles. The van der Waals surface area contributed by atoms with E-state index in [1.54, 1.807) is 12.1 Å². The summed E-state index contributed by atoms with van der Waals surface area (Å²) in [5.41, 5.74) is -0.381. The van der Waals surface area contributed by atoms with E-state index < -0.39 is 11.7 Å². The van der Waals surface area contributed by atoms with Crippen molar-refractivity contribution in [3.63, 3.8) is 0 Å². The number of hydrogen-bond acceptors (Lipinski definition) is 4. The fourth-order valence-electron chi connectivity index (χ4n) is 2.02. The van der Waals surface area contributed by atoms with E-state index >= 15 is 0 Å². The lowest BCUT2D eigenvalue weighted by atomic mass is 10.2. The third-order valence-electron chi connectivity index (χ3n) is 2.98. The second kappa shape index (κ2) is 6.27. The van der Waals surface area contributed by atoms with Gasteiger partial charge in [-0.15, -0.1) is 12.4 Å². The Bertz CT molecular complexity index is 680. The van der Waals surface area contributed by atoms with Gasteiger partial charge < -0.3 is 10.6 Å². The quantitative estimate of drug-likeness (QED) is 0.889. The van der Waals surface area contributed by atoms with E-state index in [9.17, 15) is 13.2 Å². The first-order chi connectivity index (χ1) is 10.0. The fraction of sp³-hybridized carbons (Fsp3) is 0.231. The zero-order valence-corrected chi connectivity index (χ0v) is 12.1. The van der Waals surface area contributed by atoms with Crippen LogP contribution in [-0.4, -0.2) is 28.8 Å². The van der Waals surface area contributed by atoms with E-state index in [0.717, 1.165) is 18.7 Å². The smallest absolute Gasteiger partial charge is 0.354 e. The number of guanidine groups is 1. The van der Waals surface area contributed by atoms with Crippen LogP contribution in [0.25, 0.3) is 5.69 Å². The van der Waals surface area contributed by atoms with Gasteiger partial charge in [0.25, 0.3) is 0 Å². The van der Waals surface area contributed by atoms with Gasteiger partial charge in [0.05, 0.1) is 24.0 Å². The van der Waals surface area contributed by atoms with Gasteiger partial charge >= 0.3 is 6.18 Å². The largest absolute Gasteiger partial charge is 0.416 e. The Morgan fingerprint density at radius 2 is 2.05 bits per heavy atom. The van der Waals surface area contributed by atoms with Crippen LogP contribution in [0.5, 0.6) is 0 Å². The summed E-state index contributed by atoms with van der Waals surface area (Å²) in [5.74, 6) is 1.13. The molecule has 2 aromatic rings. The molecule has 1 aliphatic rings. The molecule has 3 rings (SSSR count). The first-order valence-corrected chi connectivity index (χ1v) is 6.31. The molecule has 9 heteroatoms. The molecule has 0 bridgehead atoms. The molecule has 2 N–H and O–H groups in total. The van der Waals surface area contributed by atoms with Crippen molar-refractivity contribution in [2.75, 3.05) is 18.4 Å². The predicted molar refractivity (Wildman–Crippen MR) is 79.7 cm³/mol. The molecule has 22 heavy (non-hydrogen) atoms. The van der Waals surface area contributed by atoms with E-state index in [2.05, 4.69) is 20.7 Å². The molecule has 0 saturated carbocycles. The number of benzene rings is 1. The lowest BCUT2D eigenvalue weighted by molar-refractivity contribution is -0.137. The lowest BCUT2D eigenvalue weighted by Crippen LogP contribution is -2.27. The predicted octanol–water partition coefficient (Wildman–Crippen LogP) is 2.68.